The van der Waals surface area contributed by atoms with E-state index in [4.69, 9.17) is 5.73 Å². The van der Waals surface area contributed by atoms with Crippen LogP contribution in [-0.2, 0) is 0 Å². The molecule has 2 aromatic carbocycles. The van der Waals surface area contributed by atoms with Crippen molar-refractivity contribution in [2.75, 3.05) is 5.73 Å². The Morgan fingerprint density at radius 3 is 2.72 bits per heavy atom. The van der Waals surface area contributed by atoms with Crippen LogP contribution in [0.2, 0.25) is 0 Å². The fraction of sp³-hybridized carbons (Fsp3) is 0.0714. The first-order valence-electron chi connectivity index (χ1n) is 5.70. The number of nitrogen functional groups attached to an aromatic ring is 1. The Balaban J connectivity index is 2.36. The summed E-state index contributed by atoms with van der Waals surface area (Å²) in [7, 11) is 0. The van der Waals surface area contributed by atoms with Crippen molar-refractivity contribution in [3.8, 4) is 11.4 Å². The third-order valence-corrected chi connectivity index (χ3v) is 3.01. The monoisotopic (exact) mass is 239 g/mol. The first-order valence-corrected chi connectivity index (χ1v) is 5.70. The number of hydrogen-bond donors (Lipinski definition) is 2. The van der Waals surface area contributed by atoms with Crippen molar-refractivity contribution in [1.82, 2.24) is 9.78 Å². The van der Waals surface area contributed by atoms with E-state index in [0.717, 1.165) is 22.3 Å². The minimum Gasteiger partial charge on any atom is -0.508 e. The van der Waals surface area contributed by atoms with E-state index >= 15 is 0 Å². The summed E-state index contributed by atoms with van der Waals surface area (Å²) in [5.74, 6) is 0.221. The highest BCUT2D eigenvalue weighted by Crippen LogP contribution is 2.27. The lowest BCUT2D eigenvalue weighted by molar-refractivity contribution is 0.476. The molecule has 0 fully saturated rings. The van der Waals surface area contributed by atoms with E-state index in [1.165, 1.54) is 0 Å². The number of benzene rings is 2. The number of fused-ring (bicyclic) bond motifs is 1. The van der Waals surface area contributed by atoms with Gasteiger partial charge in [0.1, 0.15) is 5.75 Å². The summed E-state index contributed by atoms with van der Waals surface area (Å²) in [5.41, 5.74) is 9.21. The lowest BCUT2D eigenvalue weighted by atomic mass is 10.2. The van der Waals surface area contributed by atoms with Gasteiger partial charge in [0.25, 0.3) is 0 Å². The van der Waals surface area contributed by atoms with Crippen LogP contribution in [0.15, 0.2) is 42.5 Å². The van der Waals surface area contributed by atoms with Gasteiger partial charge < -0.3 is 10.8 Å². The first-order chi connectivity index (χ1) is 8.66. The van der Waals surface area contributed by atoms with Crippen LogP contribution < -0.4 is 5.73 Å². The maximum atomic E-state index is 9.61. The number of para-hydroxylation sites is 2. The highest BCUT2D eigenvalue weighted by molar-refractivity contribution is 5.85. The number of nitrogens with two attached hydrogens (primary N) is 1. The Hall–Kier alpha value is -2.49. The number of rotatable bonds is 1. The normalized spacial score (nSPS) is 10.9. The molecule has 0 radical (unpaired) electrons. The molecule has 3 N–H and O–H groups in total. The molecule has 18 heavy (non-hydrogen) atoms. The molecule has 1 aromatic heterocycles. The maximum Gasteiger partial charge on any atom is 0.117 e. The minimum atomic E-state index is 0.221. The van der Waals surface area contributed by atoms with Crippen LogP contribution in [-0.4, -0.2) is 14.9 Å². The number of nitrogens with zero attached hydrogens (tertiary/aromatic N) is 2. The van der Waals surface area contributed by atoms with Crippen LogP contribution >= 0.6 is 0 Å². The van der Waals surface area contributed by atoms with Crippen LogP contribution in [0.4, 0.5) is 5.69 Å². The molecule has 0 aliphatic heterocycles. The first kappa shape index (κ1) is 10.7. The maximum absolute atomic E-state index is 9.61. The van der Waals surface area contributed by atoms with Gasteiger partial charge in [-0.2, -0.15) is 5.10 Å². The number of aromatic hydroxyl groups is 1. The SMILES string of the molecule is Cc1nn(-c2ccccc2N)c2cc(O)ccc12. The Morgan fingerprint density at radius 1 is 1.17 bits per heavy atom. The van der Waals surface area contributed by atoms with E-state index in [9.17, 15) is 5.11 Å². The minimum absolute atomic E-state index is 0.221. The molecule has 0 atom stereocenters. The van der Waals surface area contributed by atoms with Gasteiger partial charge in [0, 0.05) is 11.5 Å². The van der Waals surface area contributed by atoms with E-state index in [1.54, 1.807) is 16.8 Å². The second-order valence-electron chi connectivity index (χ2n) is 4.26. The van der Waals surface area contributed by atoms with Crippen LogP contribution in [0.5, 0.6) is 5.75 Å². The second kappa shape index (κ2) is 3.77. The van der Waals surface area contributed by atoms with Gasteiger partial charge in [-0.05, 0) is 31.2 Å². The van der Waals surface area contributed by atoms with Crippen LogP contribution in [0.25, 0.3) is 16.6 Å². The molecule has 3 aromatic rings. The molecule has 90 valence electrons. The molecule has 0 aliphatic carbocycles. The number of phenols is 1. The van der Waals surface area contributed by atoms with E-state index in [-0.39, 0.29) is 5.75 Å². The smallest absolute Gasteiger partial charge is 0.117 e. The summed E-state index contributed by atoms with van der Waals surface area (Å²) in [5, 5.41) is 15.1. The lowest BCUT2D eigenvalue weighted by Crippen LogP contribution is -2.01. The van der Waals surface area contributed by atoms with E-state index in [2.05, 4.69) is 5.10 Å². The Kier molecular flexibility index (Phi) is 2.23. The summed E-state index contributed by atoms with van der Waals surface area (Å²) in [6, 6.07) is 12.8. The predicted molar refractivity (Wildman–Crippen MR) is 71.9 cm³/mol. The van der Waals surface area contributed by atoms with Crippen molar-refractivity contribution < 1.29 is 5.11 Å². The fourth-order valence-corrected chi connectivity index (χ4v) is 2.12. The molecular weight excluding hydrogens is 226 g/mol. The van der Waals surface area contributed by atoms with Gasteiger partial charge in [-0.15, -0.1) is 0 Å². The van der Waals surface area contributed by atoms with E-state index in [1.807, 2.05) is 37.3 Å². The Bertz CT molecular complexity index is 731. The second-order valence-corrected chi connectivity index (χ2v) is 4.26. The number of anilines is 1. The summed E-state index contributed by atoms with van der Waals surface area (Å²) in [4.78, 5) is 0. The van der Waals surface area contributed by atoms with Gasteiger partial charge in [0.05, 0.1) is 22.6 Å². The van der Waals surface area contributed by atoms with Gasteiger partial charge in [-0.1, -0.05) is 12.1 Å². The average Bonchev–Trinajstić information content (AvgIpc) is 2.67. The standard InChI is InChI=1S/C14H13N3O/c1-9-11-7-6-10(18)8-14(11)17(16-9)13-5-3-2-4-12(13)15/h2-8,18H,15H2,1H3. The highest BCUT2D eigenvalue weighted by atomic mass is 16.3. The van der Waals surface area contributed by atoms with Crippen molar-refractivity contribution in [2.24, 2.45) is 0 Å². The van der Waals surface area contributed by atoms with Gasteiger partial charge in [-0.3, -0.25) is 0 Å². The Labute approximate surface area is 104 Å². The molecule has 0 bridgehead atoms. The molecule has 3 rings (SSSR count). The van der Waals surface area contributed by atoms with Crippen LogP contribution in [0.3, 0.4) is 0 Å². The third-order valence-electron chi connectivity index (χ3n) is 3.01. The zero-order chi connectivity index (χ0) is 12.7. The van der Waals surface area contributed by atoms with Crippen molar-refractivity contribution in [3.63, 3.8) is 0 Å². The van der Waals surface area contributed by atoms with Gasteiger partial charge in [-0.25, -0.2) is 4.68 Å². The van der Waals surface area contributed by atoms with E-state index in [0.29, 0.717) is 5.69 Å². The topological polar surface area (TPSA) is 64.1 Å². The van der Waals surface area contributed by atoms with E-state index < -0.39 is 0 Å². The zero-order valence-corrected chi connectivity index (χ0v) is 9.96. The predicted octanol–water partition coefficient (Wildman–Crippen LogP) is 2.62. The molecule has 0 unspecified atom stereocenters. The van der Waals surface area contributed by atoms with Gasteiger partial charge >= 0.3 is 0 Å². The fourth-order valence-electron chi connectivity index (χ4n) is 2.12. The number of aryl methyl sites for hydroxylation is 1. The summed E-state index contributed by atoms with van der Waals surface area (Å²) < 4.78 is 1.76. The molecular formula is C14H13N3O. The molecule has 0 amide bonds. The van der Waals surface area contributed by atoms with Crippen molar-refractivity contribution >= 4 is 16.6 Å². The molecule has 4 heteroatoms. The largest absolute Gasteiger partial charge is 0.508 e. The average molecular weight is 239 g/mol. The molecule has 1 heterocycles. The number of phenolic OH excluding ortho intramolecular Hbond substituents is 1. The van der Waals surface area contributed by atoms with Crippen LogP contribution in [0, 0.1) is 6.92 Å². The molecule has 4 nitrogen and oxygen atoms in total. The molecule has 0 saturated heterocycles. The number of hydrogen-bond acceptors (Lipinski definition) is 3. The lowest BCUT2D eigenvalue weighted by Gasteiger charge is -2.06. The summed E-state index contributed by atoms with van der Waals surface area (Å²) in [6.07, 6.45) is 0. The molecule has 0 spiro atoms. The quantitative estimate of drug-likeness (QED) is 0.641. The van der Waals surface area contributed by atoms with Crippen molar-refractivity contribution in [2.45, 2.75) is 6.92 Å². The van der Waals surface area contributed by atoms with Gasteiger partial charge in [0.2, 0.25) is 0 Å². The zero-order valence-electron chi connectivity index (χ0n) is 9.96. The van der Waals surface area contributed by atoms with Crippen molar-refractivity contribution in [3.05, 3.63) is 48.2 Å². The summed E-state index contributed by atoms with van der Waals surface area (Å²) >= 11 is 0. The van der Waals surface area contributed by atoms with Crippen molar-refractivity contribution in [1.29, 1.82) is 0 Å². The highest BCUT2D eigenvalue weighted by Gasteiger charge is 2.11. The molecule has 0 saturated carbocycles. The third kappa shape index (κ3) is 1.50. The Morgan fingerprint density at radius 2 is 1.94 bits per heavy atom. The summed E-state index contributed by atoms with van der Waals surface area (Å²) in [6.45, 7) is 1.94. The molecule has 0 aliphatic rings. The van der Waals surface area contributed by atoms with Crippen LogP contribution in [0.1, 0.15) is 5.69 Å². The van der Waals surface area contributed by atoms with Gasteiger partial charge in [0.15, 0.2) is 0 Å². The number of aromatic nitrogens is 2.